The maximum Gasteiger partial charge on any atom is 0.163 e. The number of aryl methyl sites for hydroxylation is 1. The summed E-state index contributed by atoms with van der Waals surface area (Å²) in [6.45, 7) is 7.46. The van der Waals surface area contributed by atoms with E-state index < -0.39 is 11.6 Å². The van der Waals surface area contributed by atoms with Crippen LogP contribution < -0.4 is 5.32 Å². The molecule has 4 nitrogen and oxygen atoms in total. The van der Waals surface area contributed by atoms with Crippen LogP contribution in [-0.2, 0) is 6.54 Å². The summed E-state index contributed by atoms with van der Waals surface area (Å²) in [6.07, 6.45) is 3.66. The molecule has 0 aliphatic heterocycles. The fraction of sp³-hybridized carbons (Fsp3) is 0.318. The monoisotopic (exact) mass is 386 g/mol. The van der Waals surface area contributed by atoms with Gasteiger partial charge in [-0.2, -0.15) is 0 Å². The Bertz CT molecular complexity index is 848. The van der Waals surface area contributed by atoms with Crippen LogP contribution in [0.15, 0.2) is 49.1 Å². The van der Waals surface area contributed by atoms with E-state index in [1.54, 1.807) is 12.1 Å². The molecule has 2 aromatic rings. The average Bonchev–Trinajstić information content (AvgIpc) is 2.67. The smallest absolute Gasteiger partial charge is 0.163 e. The van der Waals surface area contributed by atoms with E-state index >= 15 is 0 Å². The Hall–Kier alpha value is -2.73. The van der Waals surface area contributed by atoms with Gasteiger partial charge in [-0.15, -0.1) is 0 Å². The molecule has 1 aromatic carbocycles. The van der Waals surface area contributed by atoms with Crippen LogP contribution in [0.1, 0.15) is 17.0 Å². The van der Waals surface area contributed by atoms with E-state index in [2.05, 4.69) is 21.8 Å². The molecule has 2 rings (SSSR count). The number of allylic oxidation sites excluding steroid dienone is 2. The molecular weight excluding hydrogens is 358 g/mol. The van der Waals surface area contributed by atoms with Crippen molar-refractivity contribution in [2.75, 3.05) is 39.5 Å². The van der Waals surface area contributed by atoms with Crippen molar-refractivity contribution < 1.29 is 8.78 Å². The minimum atomic E-state index is -0.815. The van der Waals surface area contributed by atoms with E-state index in [9.17, 15) is 8.78 Å². The molecular formula is C22H28F2N4. The molecule has 28 heavy (non-hydrogen) atoms. The largest absolute Gasteiger partial charge is 0.386 e. The predicted octanol–water partition coefficient (Wildman–Crippen LogP) is 4.30. The van der Waals surface area contributed by atoms with Gasteiger partial charge in [0.05, 0.1) is 11.4 Å². The molecule has 0 saturated heterocycles. The molecule has 0 spiro atoms. The molecule has 0 aliphatic carbocycles. The zero-order chi connectivity index (χ0) is 20.7. The number of nitrogens with one attached hydrogen (secondary N) is 1. The Balaban J connectivity index is 2.10. The van der Waals surface area contributed by atoms with E-state index in [4.69, 9.17) is 0 Å². The van der Waals surface area contributed by atoms with E-state index in [1.165, 1.54) is 6.07 Å². The van der Waals surface area contributed by atoms with Crippen LogP contribution in [0.2, 0.25) is 0 Å². The van der Waals surface area contributed by atoms with E-state index in [1.807, 2.05) is 51.2 Å². The number of hydrogen-bond acceptors (Lipinski definition) is 4. The molecule has 0 unspecified atom stereocenters. The lowest BCUT2D eigenvalue weighted by Gasteiger charge is -2.26. The topological polar surface area (TPSA) is 31.4 Å². The van der Waals surface area contributed by atoms with Gasteiger partial charge in [-0.1, -0.05) is 24.8 Å². The summed E-state index contributed by atoms with van der Waals surface area (Å²) in [4.78, 5) is 8.72. The number of anilines is 1. The number of halogens is 2. The molecule has 0 radical (unpaired) electrons. The molecule has 1 heterocycles. The van der Waals surface area contributed by atoms with Gasteiger partial charge in [-0.3, -0.25) is 0 Å². The van der Waals surface area contributed by atoms with Crippen LogP contribution in [0, 0.1) is 18.6 Å². The molecule has 0 bridgehead atoms. The lowest BCUT2D eigenvalue weighted by atomic mass is 10.1. The summed E-state index contributed by atoms with van der Waals surface area (Å²) in [5.74, 6) is -1.60. The number of rotatable bonds is 9. The third-order valence-corrected chi connectivity index (χ3v) is 4.52. The summed E-state index contributed by atoms with van der Waals surface area (Å²) in [5.41, 5.74) is 4.00. The average molecular weight is 386 g/mol. The first-order valence-electron chi connectivity index (χ1n) is 9.18. The highest BCUT2D eigenvalue weighted by Gasteiger charge is 2.15. The van der Waals surface area contributed by atoms with Crippen molar-refractivity contribution in [1.82, 2.24) is 14.8 Å². The van der Waals surface area contributed by atoms with Gasteiger partial charge in [0.1, 0.15) is 5.69 Å². The van der Waals surface area contributed by atoms with Gasteiger partial charge in [0.15, 0.2) is 11.6 Å². The second kappa shape index (κ2) is 9.99. The number of aromatic nitrogens is 1. The van der Waals surface area contributed by atoms with Crippen LogP contribution in [0.25, 0.3) is 5.70 Å². The molecule has 1 N–H and O–H groups in total. The quantitative estimate of drug-likeness (QED) is 0.651. The Morgan fingerprint density at radius 3 is 2.61 bits per heavy atom. The van der Waals surface area contributed by atoms with E-state index in [0.29, 0.717) is 25.2 Å². The molecule has 150 valence electrons. The number of hydrogen-bond donors (Lipinski definition) is 1. The zero-order valence-electron chi connectivity index (χ0n) is 17.0. The van der Waals surface area contributed by atoms with Gasteiger partial charge in [-0.25, -0.2) is 13.8 Å². The number of likely N-dealkylation sites (N-methyl/N-ethyl adjacent to an activating group) is 2. The number of nitrogens with zero attached hydrogens (tertiary/aromatic N) is 3. The number of benzene rings is 1. The highest BCUT2D eigenvalue weighted by molar-refractivity contribution is 5.73. The van der Waals surface area contributed by atoms with Gasteiger partial charge in [0, 0.05) is 45.0 Å². The summed E-state index contributed by atoms with van der Waals surface area (Å²) in [6, 6.07) is 8.23. The first-order valence-corrected chi connectivity index (χ1v) is 9.18. The highest BCUT2D eigenvalue weighted by Crippen LogP contribution is 2.24. The summed E-state index contributed by atoms with van der Waals surface area (Å²) in [7, 11) is 5.73. The maximum absolute atomic E-state index is 13.9. The molecule has 0 fully saturated rings. The van der Waals surface area contributed by atoms with Crippen molar-refractivity contribution >= 4 is 11.4 Å². The van der Waals surface area contributed by atoms with Gasteiger partial charge in [-0.05, 0) is 38.2 Å². The lowest BCUT2D eigenvalue weighted by molar-refractivity contribution is 0.288. The molecule has 0 atom stereocenters. The Labute approximate surface area is 166 Å². The maximum atomic E-state index is 13.9. The lowest BCUT2D eigenvalue weighted by Crippen LogP contribution is -2.30. The first-order chi connectivity index (χ1) is 13.4. The Morgan fingerprint density at radius 1 is 1.18 bits per heavy atom. The van der Waals surface area contributed by atoms with Crippen molar-refractivity contribution in [3.8, 4) is 0 Å². The summed E-state index contributed by atoms with van der Waals surface area (Å²) >= 11 is 0. The van der Waals surface area contributed by atoms with Gasteiger partial charge >= 0.3 is 0 Å². The van der Waals surface area contributed by atoms with Crippen molar-refractivity contribution in [2.45, 2.75) is 13.5 Å². The fourth-order valence-electron chi connectivity index (χ4n) is 2.93. The van der Waals surface area contributed by atoms with Crippen LogP contribution in [0.5, 0.6) is 0 Å². The minimum absolute atomic E-state index is 0.336. The molecule has 0 aliphatic rings. The van der Waals surface area contributed by atoms with Crippen molar-refractivity contribution in [2.24, 2.45) is 0 Å². The fourth-order valence-corrected chi connectivity index (χ4v) is 2.93. The van der Waals surface area contributed by atoms with Crippen LogP contribution in [0.3, 0.4) is 0 Å². The first kappa shape index (κ1) is 21.6. The van der Waals surface area contributed by atoms with Crippen molar-refractivity contribution in [1.29, 1.82) is 0 Å². The van der Waals surface area contributed by atoms with Crippen molar-refractivity contribution in [3.05, 3.63) is 77.6 Å². The zero-order valence-corrected chi connectivity index (χ0v) is 17.0. The molecule has 1 aromatic heterocycles. The molecule has 0 amide bonds. The van der Waals surface area contributed by atoms with E-state index in [-0.39, 0.29) is 0 Å². The van der Waals surface area contributed by atoms with Crippen molar-refractivity contribution in [3.63, 3.8) is 0 Å². The highest BCUT2D eigenvalue weighted by atomic mass is 19.2. The third-order valence-electron chi connectivity index (χ3n) is 4.52. The SMILES string of the molecule is C=C/C=C(\c1nc(C)ccc1NC)N(C)CCN(C)Cc1cccc(F)c1F. The second-order valence-corrected chi connectivity index (χ2v) is 6.76. The minimum Gasteiger partial charge on any atom is -0.386 e. The standard InChI is InChI=1S/C22H28F2N4/c1-6-8-20(22-19(25-3)12-11-16(2)26-22)28(5)14-13-27(4)15-17-9-7-10-18(23)21(17)24/h6-12,25H,1,13-15H2,2-5H3/b20-8+. The van der Waals surface area contributed by atoms with Gasteiger partial charge in [0.25, 0.3) is 0 Å². The normalized spacial score (nSPS) is 11.6. The van der Waals surface area contributed by atoms with Crippen LogP contribution in [0.4, 0.5) is 14.5 Å². The second-order valence-electron chi connectivity index (χ2n) is 6.76. The van der Waals surface area contributed by atoms with Gasteiger partial charge < -0.3 is 15.1 Å². The molecule has 0 saturated carbocycles. The summed E-state index contributed by atoms with van der Waals surface area (Å²) < 4.78 is 27.3. The van der Waals surface area contributed by atoms with Gasteiger partial charge in [0.2, 0.25) is 0 Å². The number of pyridine rings is 1. The predicted molar refractivity (Wildman–Crippen MR) is 112 cm³/mol. The van der Waals surface area contributed by atoms with E-state index in [0.717, 1.165) is 28.8 Å². The summed E-state index contributed by atoms with van der Waals surface area (Å²) in [5, 5.41) is 3.17. The molecule has 6 heteroatoms. The van der Waals surface area contributed by atoms with Crippen LogP contribution >= 0.6 is 0 Å². The third kappa shape index (κ3) is 5.39. The Morgan fingerprint density at radius 2 is 1.93 bits per heavy atom. The Kier molecular flexibility index (Phi) is 7.70. The van der Waals surface area contributed by atoms with Crippen LogP contribution in [-0.4, -0.2) is 49.0 Å².